The third-order valence-corrected chi connectivity index (χ3v) is 5.84. The van der Waals surface area contributed by atoms with Crippen LogP contribution in [0.4, 0.5) is 0 Å². The lowest BCUT2D eigenvalue weighted by molar-refractivity contribution is 0.0844. The van der Waals surface area contributed by atoms with Crippen molar-refractivity contribution in [3.8, 4) is 0 Å². The van der Waals surface area contributed by atoms with E-state index >= 15 is 0 Å². The molecule has 7 heteroatoms. The lowest BCUT2D eigenvalue weighted by atomic mass is 9.96. The first-order chi connectivity index (χ1) is 9.81. The molecule has 0 aliphatic carbocycles. The second kappa shape index (κ2) is 6.62. The number of halogens is 1. The Morgan fingerprint density at radius 3 is 2.76 bits per heavy atom. The molecule has 1 fully saturated rings. The van der Waals surface area contributed by atoms with Crippen molar-refractivity contribution in [1.29, 1.82) is 0 Å². The van der Waals surface area contributed by atoms with Gasteiger partial charge in [-0.3, -0.25) is 0 Å². The molecule has 118 valence electrons. The fourth-order valence-electron chi connectivity index (χ4n) is 2.47. The minimum atomic E-state index is -3.59. The number of β-amino-alcohol motifs (C(OH)–C–C–N with tert-alkyl or cyclic N) is 1. The summed E-state index contributed by atoms with van der Waals surface area (Å²) in [6.07, 6.45) is 0.233. The molecule has 0 unspecified atom stereocenters. The van der Waals surface area contributed by atoms with Crippen LogP contribution >= 0.6 is 11.6 Å². The molecule has 1 aromatic carbocycles. The molecule has 0 spiro atoms. The van der Waals surface area contributed by atoms with Crippen LogP contribution in [0.3, 0.4) is 0 Å². The Balaban J connectivity index is 2.13. The zero-order chi connectivity index (χ0) is 15.6. The van der Waals surface area contributed by atoms with Crippen molar-refractivity contribution in [2.75, 3.05) is 19.6 Å². The molecule has 2 rings (SSSR count). The molecule has 0 saturated carbocycles. The number of rotatable bonds is 4. The summed E-state index contributed by atoms with van der Waals surface area (Å²) in [4.78, 5) is 0.243. The molecule has 5 nitrogen and oxygen atoms in total. The number of nitrogens with one attached hydrogen (secondary N) is 2. The Morgan fingerprint density at radius 2 is 2.10 bits per heavy atom. The molecule has 1 aromatic rings. The summed E-state index contributed by atoms with van der Waals surface area (Å²) in [6.45, 7) is 5.04. The first kappa shape index (κ1) is 16.7. The molecule has 0 bridgehead atoms. The first-order valence-corrected chi connectivity index (χ1v) is 8.82. The van der Waals surface area contributed by atoms with E-state index in [1.165, 1.54) is 0 Å². The van der Waals surface area contributed by atoms with Crippen LogP contribution in [0.5, 0.6) is 0 Å². The van der Waals surface area contributed by atoms with Crippen molar-refractivity contribution in [3.63, 3.8) is 0 Å². The Kier molecular flexibility index (Phi) is 5.27. The number of aliphatic hydroxyl groups is 1. The highest BCUT2D eigenvalue weighted by Crippen LogP contribution is 2.24. The first-order valence-electron chi connectivity index (χ1n) is 6.96. The van der Waals surface area contributed by atoms with Crippen LogP contribution in [0.1, 0.15) is 17.5 Å². The van der Waals surface area contributed by atoms with Gasteiger partial charge in [-0.1, -0.05) is 11.6 Å². The Bertz CT molecular complexity index is 619. The second-order valence-corrected chi connectivity index (χ2v) is 7.68. The van der Waals surface area contributed by atoms with E-state index in [4.69, 9.17) is 11.6 Å². The Morgan fingerprint density at radius 1 is 1.38 bits per heavy atom. The van der Waals surface area contributed by atoms with Gasteiger partial charge in [0.1, 0.15) is 0 Å². The molecule has 0 amide bonds. The van der Waals surface area contributed by atoms with Crippen LogP contribution in [0, 0.1) is 19.8 Å². The molecule has 3 N–H and O–H groups in total. The third kappa shape index (κ3) is 3.96. The van der Waals surface area contributed by atoms with Gasteiger partial charge < -0.3 is 10.4 Å². The van der Waals surface area contributed by atoms with Gasteiger partial charge >= 0.3 is 0 Å². The van der Waals surface area contributed by atoms with Gasteiger partial charge in [0.05, 0.1) is 11.0 Å². The van der Waals surface area contributed by atoms with Crippen molar-refractivity contribution < 1.29 is 13.5 Å². The smallest absolute Gasteiger partial charge is 0.240 e. The van der Waals surface area contributed by atoms with E-state index in [1.807, 2.05) is 0 Å². The van der Waals surface area contributed by atoms with E-state index in [9.17, 15) is 13.5 Å². The van der Waals surface area contributed by atoms with Gasteiger partial charge in [0.15, 0.2) is 0 Å². The molecule has 1 saturated heterocycles. The topological polar surface area (TPSA) is 78.4 Å². The van der Waals surface area contributed by atoms with Gasteiger partial charge in [-0.15, -0.1) is 0 Å². The molecule has 2 atom stereocenters. The highest BCUT2D eigenvalue weighted by molar-refractivity contribution is 7.89. The van der Waals surface area contributed by atoms with Crippen LogP contribution in [0.25, 0.3) is 0 Å². The van der Waals surface area contributed by atoms with Crippen molar-refractivity contribution >= 4 is 21.6 Å². The van der Waals surface area contributed by atoms with E-state index in [2.05, 4.69) is 10.0 Å². The maximum Gasteiger partial charge on any atom is 0.240 e. The molecular formula is C14H21ClN2O3S. The molecule has 21 heavy (non-hydrogen) atoms. The van der Waals surface area contributed by atoms with E-state index in [0.717, 1.165) is 18.5 Å². The normalized spacial score (nSPS) is 23.2. The lowest BCUT2D eigenvalue weighted by Gasteiger charge is -2.28. The zero-order valence-corrected chi connectivity index (χ0v) is 13.8. The summed E-state index contributed by atoms with van der Waals surface area (Å²) in [6, 6.07) is 3.24. The standard InChI is InChI=1S/C14H21ClN2O3S/c1-9-6-14(10(2)5-12(9)15)21(19,20)17-7-11-3-4-16-8-13(11)18/h5-6,11,13,16-18H,3-4,7-8H2,1-2H3/t11-,13+/m0/s1. The second-order valence-electron chi connectivity index (χ2n) is 5.54. The monoisotopic (exact) mass is 332 g/mol. The highest BCUT2D eigenvalue weighted by Gasteiger charge is 2.25. The van der Waals surface area contributed by atoms with Gasteiger partial charge in [0.25, 0.3) is 0 Å². The lowest BCUT2D eigenvalue weighted by Crippen LogP contribution is -2.45. The summed E-state index contributed by atoms with van der Waals surface area (Å²) in [5.41, 5.74) is 1.34. The molecule has 0 aromatic heterocycles. The van der Waals surface area contributed by atoms with Gasteiger partial charge in [-0.25, -0.2) is 13.1 Å². The van der Waals surface area contributed by atoms with E-state index in [0.29, 0.717) is 17.1 Å². The van der Waals surface area contributed by atoms with Crippen LogP contribution in [-0.4, -0.2) is 39.3 Å². The van der Waals surface area contributed by atoms with Crippen LogP contribution in [0.2, 0.25) is 5.02 Å². The van der Waals surface area contributed by atoms with Crippen LogP contribution < -0.4 is 10.0 Å². The number of benzene rings is 1. The van der Waals surface area contributed by atoms with Gasteiger partial charge in [0, 0.05) is 24.0 Å². The minimum Gasteiger partial charge on any atom is -0.391 e. The fraction of sp³-hybridized carbons (Fsp3) is 0.571. The van der Waals surface area contributed by atoms with Crippen molar-refractivity contribution in [1.82, 2.24) is 10.0 Å². The number of aryl methyl sites for hydroxylation is 2. The Labute approximate surface area is 130 Å². The predicted octanol–water partition coefficient (Wildman–Crippen LogP) is 1.21. The summed E-state index contributed by atoms with van der Waals surface area (Å²) < 4.78 is 27.4. The number of hydrogen-bond acceptors (Lipinski definition) is 4. The van der Waals surface area contributed by atoms with Crippen molar-refractivity contribution in [2.24, 2.45) is 5.92 Å². The number of piperidine rings is 1. The average Bonchev–Trinajstić information content (AvgIpc) is 2.42. The van der Waals surface area contributed by atoms with Crippen molar-refractivity contribution in [3.05, 3.63) is 28.3 Å². The average molecular weight is 333 g/mol. The molecule has 1 heterocycles. The number of sulfonamides is 1. The summed E-state index contributed by atoms with van der Waals surface area (Å²) in [5.74, 6) is -0.0604. The molecule has 1 aliphatic heterocycles. The van der Waals surface area contributed by atoms with Crippen LogP contribution in [-0.2, 0) is 10.0 Å². The van der Waals surface area contributed by atoms with Gasteiger partial charge in [-0.05, 0) is 50.1 Å². The SMILES string of the molecule is Cc1cc(S(=O)(=O)NC[C@@H]2CCNC[C@H]2O)c(C)cc1Cl. The van der Waals surface area contributed by atoms with Gasteiger partial charge in [0.2, 0.25) is 10.0 Å². The summed E-state index contributed by atoms with van der Waals surface area (Å²) >= 11 is 6.00. The van der Waals surface area contributed by atoms with Crippen molar-refractivity contribution in [2.45, 2.75) is 31.3 Å². The third-order valence-electron chi connectivity index (χ3n) is 3.87. The molecular weight excluding hydrogens is 312 g/mol. The summed E-state index contributed by atoms with van der Waals surface area (Å²) in [5, 5.41) is 13.5. The number of aliphatic hydroxyl groups excluding tert-OH is 1. The summed E-state index contributed by atoms with van der Waals surface area (Å²) in [7, 11) is -3.59. The largest absolute Gasteiger partial charge is 0.391 e. The maximum atomic E-state index is 12.4. The van der Waals surface area contributed by atoms with Gasteiger partial charge in [-0.2, -0.15) is 0 Å². The Hall–Kier alpha value is -0.660. The number of hydrogen-bond donors (Lipinski definition) is 3. The minimum absolute atomic E-state index is 0.0604. The fourth-order valence-corrected chi connectivity index (χ4v) is 4.09. The van der Waals surface area contributed by atoms with Crippen LogP contribution in [0.15, 0.2) is 17.0 Å². The molecule has 0 radical (unpaired) electrons. The predicted molar refractivity (Wildman–Crippen MR) is 83.1 cm³/mol. The zero-order valence-electron chi connectivity index (χ0n) is 12.2. The van der Waals surface area contributed by atoms with E-state index < -0.39 is 16.1 Å². The maximum absolute atomic E-state index is 12.4. The van der Waals surface area contributed by atoms with E-state index in [-0.39, 0.29) is 17.4 Å². The quantitative estimate of drug-likeness (QED) is 0.774. The highest BCUT2D eigenvalue weighted by atomic mass is 35.5. The van der Waals surface area contributed by atoms with E-state index in [1.54, 1.807) is 26.0 Å². The molecule has 1 aliphatic rings.